The van der Waals surface area contributed by atoms with Gasteiger partial charge in [0.1, 0.15) is 0 Å². The van der Waals surface area contributed by atoms with E-state index in [1.165, 1.54) is 0 Å². The van der Waals surface area contributed by atoms with Crippen LogP contribution in [0.5, 0.6) is 0 Å². The summed E-state index contributed by atoms with van der Waals surface area (Å²) in [5.41, 5.74) is 0.921. The van der Waals surface area contributed by atoms with Crippen molar-refractivity contribution in [3.05, 3.63) is 36.5 Å². The number of fused-ring (bicyclic) bond motifs is 1. The van der Waals surface area contributed by atoms with Gasteiger partial charge in [0.2, 0.25) is 5.91 Å². The summed E-state index contributed by atoms with van der Waals surface area (Å²) in [5.74, 6) is 0.0320. The molecule has 2 rings (SSSR count). The molecule has 0 atom stereocenters. The van der Waals surface area contributed by atoms with Gasteiger partial charge in [-0.25, -0.2) is 0 Å². The summed E-state index contributed by atoms with van der Waals surface area (Å²) in [5, 5.41) is 1.07. The number of hydrogen-bond acceptors (Lipinski definition) is 1. The SMILES string of the molecule is CC(=O)n1ccc2cc[c]cc21. The summed E-state index contributed by atoms with van der Waals surface area (Å²) in [6.45, 7) is 1.55. The fourth-order valence-corrected chi connectivity index (χ4v) is 1.29. The molecule has 0 fully saturated rings. The summed E-state index contributed by atoms with van der Waals surface area (Å²) < 4.78 is 1.62. The van der Waals surface area contributed by atoms with E-state index in [4.69, 9.17) is 0 Å². The maximum Gasteiger partial charge on any atom is 0.227 e. The molecule has 0 unspecified atom stereocenters. The van der Waals surface area contributed by atoms with Crippen molar-refractivity contribution in [3.63, 3.8) is 0 Å². The lowest BCUT2D eigenvalue weighted by Crippen LogP contribution is -2.02. The monoisotopic (exact) mass is 158 g/mol. The molecular weight excluding hydrogens is 150 g/mol. The first-order valence-electron chi connectivity index (χ1n) is 3.77. The molecule has 0 saturated carbocycles. The van der Waals surface area contributed by atoms with Gasteiger partial charge in [0.15, 0.2) is 0 Å². The Bertz CT molecular complexity index is 428. The van der Waals surface area contributed by atoms with Crippen LogP contribution in [0.15, 0.2) is 30.5 Å². The highest BCUT2D eigenvalue weighted by atomic mass is 16.1. The Morgan fingerprint density at radius 2 is 2.33 bits per heavy atom. The number of carbonyl (C=O) groups is 1. The molecule has 0 spiro atoms. The van der Waals surface area contributed by atoms with Crippen molar-refractivity contribution in [3.8, 4) is 0 Å². The largest absolute Gasteiger partial charge is 0.287 e. The molecule has 1 heterocycles. The minimum atomic E-state index is 0.0320. The van der Waals surface area contributed by atoms with Crippen molar-refractivity contribution >= 4 is 16.8 Å². The van der Waals surface area contributed by atoms with E-state index in [0.717, 1.165) is 10.9 Å². The first-order valence-corrected chi connectivity index (χ1v) is 3.77. The Morgan fingerprint density at radius 1 is 1.50 bits per heavy atom. The smallest absolute Gasteiger partial charge is 0.227 e. The molecule has 0 aliphatic heterocycles. The first-order chi connectivity index (χ1) is 5.79. The van der Waals surface area contributed by atoms with Gasteiger partial charge in [-0.2, -0.15) is 0 Å². The molecule has 0 amide bonds. The van der Waals surface area contributed by atoms with Crippen LogP contribution in [0.3, 0.4) is 0 Å². The molecule has 2 heteroatoms. The zero-order chi connectivity index (χ0) is 8.55. The number of rotatable bonds is 0. The van der Waals surface area contributed by atoms with Gasteiger partial charge in [-0.3, -0.25) is 9.36 Å². The zero-order valence-corrected chi connectivity index (χ0v) is 6.74. The highest BCUT2D eigenvalue weighted by molar-refractivity contribution is 5.91. The van der Waals surface area contributed by atoms with E-state index in [9.17, 15) is 4.79 Å². The minimum Gasteiger partial charge on any atom is -0.287 e. The third-order valence-electron chi connectivity index (χ3n) is 1.88. The maximum atomic E-state index is 11.1. The van der Waals surface area contributed by atoms with Crippen LogP contribution in [0.4, 0.5) is 0 Å². The Labute approximate surface area is 70.4 Å². The molecule has 1 aromatic carbocycles. The molecule has 0 aliphatic rings. The van der Waals surface area contributed by atoms with Gasteiger partial charge in [-0.15, -0.1) is 0 Å². The fourth-order valence-electron chi connectivity index (χ4n) is 1.29. The molecule has 0 N–H and O–H groups in total. The predicted molar refractivity (Wildman–Crippen MR) is 47.1 cm³/mol. The predicted octanol–water partition coefficient (Wildman–Crippen LogP) is 2.10. The van der Waals surface area contributed by atoms with Gasteiger partial charge < -0.3 is 0 Å². The quantitative estimate of drug-likeness (QED) is 0.575. The van der Waals surface area contributed by atoms with E-state index in [1.54, 1.807) is 17.7 Å². The highest BCUT2D eigenvalue weighted by Gasteiger charge is 2.01. The molecule has 2 nitrogen and oxygen atoms in total. The number of carbonyl (C=O) groups excluding carboxylic acids is 1. The van der Waals surface area contributed by atoms with Crippen molar-refractivity contribution in [2.75, 3.05) is 0 Å². The standard InChI is InChI=1S/C10H8NO/c1-8(12)11-7-6-9-4-2-3-5-10(9)11/h2,4-7H,1H3. The van der Waals surface area contributed by atoms with E-state index < -0.39 is 0 Å². The minimum absolute atomic E-state index is 0.0320. The average Bonchev–Trinajstić information content (AvgIpc) is 2.47. The van der Waals surface area contributed by atoms with Gasteiger partial charge in [0.25, 0.3) is 0 Å². The van der Waals surface area contributed by atoms with Gasteiger partial charge >= 0.3 is 0 Å². The highest BCUT2D eigenvalue weighted by Crippen LogP contribution is 2.13. The average molecular weight is 158 g/mol. The lowest BCUT2D eigenvalue weighted by Gasteiger charge is -1.96. The van der Waals surface area contributed by atoms with E-state index in [0.29, 0.717) is 0 Å². The van der Waals surface area contributed by atoms with E-state index >= 15 is 0 Å². The van der Waals surface area contributed by atoms with E-state index in [1.807, 2.05) is 24.3 Å². The normalized spacial score (nSPS) is 10.4. The third-order valence-corrected chi connectivity index (χ3v) is 1.88. The summed E-state index contributed by atoms with van der Waals surface area (Å²) in [4.78, 5) is 11.1. The van der Waals surface area contributed by atoms with Crippen molar-refractivity contribution in [2.24, 2.45) is 0 Å². The molecule has 0 aliphatic carbocycles. The summed E-state index contributed by atoms with van der Waals surface area (Å²) in [6, 6.07) is 10.5. The van der Waals surface area contributed by atoms with Crippen molar-refractivity contribution < 1.29 is 4.79 Å². The fraction of sp³-hybridized carbons (Fsp3) is 0.100. The van der Waals surface area contributed by atoms with Gasteiger partial charge in [0, 0.05) is 18.5 Å². The first kappa shape index (κ1) is 7.10. The van der Waals surface area contributed by atoms with Crippen LogP contribution in [0, 0.1) is 6.07 Å². The molecule has 1 radical (unpaired) electrons. The van der Waals surface area contributed by atoms with Gasteiger partial charge in [-0.05, 0) is 18.2 Å². The Kier molecular flexibility index (Phi) is 1.47. The lowest BCUT2D eigenvalue weighted by atomic mass is 10.2. The Balaban J connectivity index is 2.79. The van der Waals surface area contributed by atoms with Crippen LogP contribution in [0.1, 0.15) is 11.7 Å². The van der Waals surface area contributed by atoms with E-state index in [2.05, 4.69) is 6.07 Å². The van der Waals surface area contributed by atoms with Crippen LogP contribution in [-0.2, 0) is 0 Å². The number of hydrogen-bond donors (Lipinski definition) is 0. The summed E-state index contributed by atoms with van der Waals surface area (Å²) >= 11 is 0. The maximum absolute atomic E-state index is 11.1. The lowest BCUT2D eigenvalue weighted by molar-refractivity contribution is 0.0941. The second kappa shape index (κ2) is 2.48. The summed E-state index contributed by atoms with van der Waals surface area (Å²) in [6.07, 6.45) is 1.78. The number of nitrogens with zero attached hydrogens (tertiary/aromatic N) is 1. The summed E-state index contributed by atoms with van der Waals surface area (Å²) in [7, 11) is 0. The van der Waals surface area contributed by atoms with Crippen molar-refractivity contribution in [2.45, 2.75) is 6.92 Å². The van der Waals surface area contributed by atoms with Gasteiger partial charge in [0.05, 0.1) is 5.52 Å². The second-order valence-electron chi connectivity index (χ2n) is 2.69. The Morgan fingerprint density at radius 3 is 3.08 bits per heavy atom. The Hall–Kier alpha value is -1.57. The molecule has 1 aromatic heterocycles. The molecular formula is C10H8NO. The molecule has 2 aromatic rings. The van der Waals surface area contributed by atoms with Crippen LogP contribution in [0.2, 0.25) is 0 Å². The number of benzene rings is 1. The topological polar surface area (TPSA) is 22.0 Å². The zero-order valence-electron chi connectivity index (χ0n) is 6.74. The van der Waals surface area contributed by atoms with E-state index in [-0.39, 0.29) is 5.91 Å². The number of aromatic nitrogens is 1. The second-order valence-corrected chi connectivity index (χ2v) is 2.69. The van der Waals surface area contributed by atoms with Crippen molar-refractivity contribution in [1.82, 2.24) is 4.57 Å². The van der Waals surface area contributed by atoms with Gasteiger partial charge in [-0.1, -0.05) is 12.1 Å². The van der Waals surface area contributed by atoms with Crippen LogP contribution in [0.25, 0.3) is 10.9 Å². The third kappa shape index (κ3) is 0.925. The van der Waals surface area contributed by atoms with Crippen LogP contribution >= 0.6 is 0 Å². The van der Waals surface area contributed by atoms with Crippen LogP contribution < -0.4 is 0 Å². The molecule has 0 saturated heterocycles. The van der Waals surface area contributed by atoms with Crippen LogP contribution in [-0.4, -0.2) is 10.5 Å². The molecule has 12 heavy (non-hydrogen) atoms. The molecule has 59 valence electrons. The van der Waals surface area contributed by atoms with Crippen molar-refractivity contribution in [1.29, 1.82) is 0 Å². The molecule has 0 bridgehead atoms.